The summed E-state index contributed by atoms with van der Waals surface area (Å²) in [5, 5.41) is 1.15. The summed E-state index contributed by atoms with van der Waals surface area (Å²) in [6.45, 7) is 0. The van der Waals surface area contributed by atoms with Gasteiger partial charge in [-0.15, -0.1) is 0 Å². The second kappa shape index (κ2) is 6.26. The van der Waals surface area contributed by atoms with Crippen molar-refractivity contribution in [3.63, 3.8) is 0 Å². The number of methoxy groups -OCH3 is 1. The minimum Gasteiger partial charge on any atom is -0.496 e. The van der Waals surface area contributed by atoms with Crippen molar-refractivity contribution in [1.82, 2.24) is 4.98 Å². The molecular weight excluding hydrogens is 373 g/mol. The number of fused-ring (bicyclic) bond motifs is 1. The Hall–Kier alpha value is -1.88. The van der Waals surface area contributed by atoms with E-state index in [1.807, 2.05) is 48.6 Å². The van der Waals surface area contributed by atoms with Gasteiger partial charge in [0, 0.05) is 14.5 Å². The number of aromatic nitrogens is 1. The van der Waals surface area contributed by atoms with Gasteiger partial charge >= 0.3 is 0 Å². The summed E-state index contributed by atoms with van der Waals surface area (Å²) in [7, 11) is 1.69. The molecule has 0 bridgehead atoms. The molecule has 21 heavy (non-hydrogen) atoms. The summed E-state index contributed by atoms with van der Waals surface area (Å²) in [6.07, 6.45) is 4.05. The van der Waals surface area contributed by atoms with Crippen molar-refractivity contribution >= 4 is 45.6 Å². The van der Waals surface area contributed by atoms with Crippen LogP contribution in [0.3, 0.4) is 0 Å². The van der Waals surface area contributed by atoms with Gasteiger partial charge in [-0.3, -0.25) is 0 Å². The minimum absolute atomic E-state index is 0.868. The lowest BCUT2D eigenvalue weighted by atomic mass is 10.1. The van der Waals surface area contributed by atoms with Gasteiger partial charge in [-0.1, -0.05) is 24.3 Å². The third-order valence-electron chi connectivity index (χ3n) is 3.25. The van der Waals surface area contributed by atoms with Crippen LogP contribution in [0.1, 0.15) is 11.3 Å². The van der Waals surface area contributed by atoms with Crippen LogP contribution in [0.15, 0.2) is 54.6 Å². The van der Waals surface area contributed by atoms with Gasteiger partial charge in [0.15, 0.2) is 0 Å². The second-order valence-corrected chi connectivity index (χ2v) is 5.89. The van der Waals surface area contributed by atoms with E-state index in [9.17, 15) is 0 Å². The molecule has 1 heterocycles. The van der Waals surface area contributed by atoms with Gasteiger partial charge in [-0.05, 0) is 65.1 Å². The molecule has 3 aromatic rings. The van der Waals surface area contributed by atoms with E-state index in [0.29, 0.717) is 0 Å². The maximum Gasteiger partial charge on any atom is 0.126 e. The van der Waals surface area contributed by atoms with E-state index in [4.69, 9.17) is 4.74 Å². The number of nitrogens with zero attached hydrogens (tertiary/aromatic N) is 1. The third-order valence-corrected chi connectivity index (χ3v) is 3.92. The second-order valence-electron chi connectivity index (χ2n) is 4.65. The number of para-hydroxylation sites is 1. The molecule has 0 fully saturated rings. The Kier molecular flexibility index (Phi) is 4.20. The highest BCUT2D eigenvalue weighted by Crippen LogP contribution is 2.23. The van der Waals surface area contributed by atoms with Gasteiger partial charge in [-0.25, -0.2) is 4.98 Å². The summed E-state index contributed by atoms with van der Waals surface area (Å²) in [5.41, 5.74) is 3.00. The van der Waals surface area contributed by atoms with Crippen LogP contribution in [0.25, 0.3) is 23.1 Å². The van der Waals surface area contributed by atoms with E-state index < -0.39 is 0 Å². The largest absolute Gasteiger partial charge is 0.496 e. The van der Waals surface area contributed by atoms with Crippen molar-refractivity contribution in [2.45, 2.75) is 0 Å². The fraction of sp³-hybridized carbons (Fsp3) is 0.0556. The fourth-order valence-electron chi connectivity index (χ4n) is 2.19. The quantitative estimate of drug-likeness (QED) is 0.589. The molecule has 3 heteroatoms. The van der Waals surface area contributed by atoms with Crippen LogP contribution in [0.2, 0.25) is 0 Å². The normalized spacial score (nSPS) is 11.1. The van der Waals surface area contributed by atoms with Crippen LogP contribution in [0, 0.1) is 3.57 Å². The van der Waals surface area contributed by atoms with Gasteiger partial charge in [-0.2, -0.15) is 0 Å². The Morgan fingerprint density at radius 2 is 1.86 bits per heavy atom. The number of benzene rings is 2. The zero-order valence-corrected chi connectivity index (χ0v) is 13.7. The van der Waals surface area contributed by atoms with E-state index in [1.165, 1.54) is 3.57 Å². The summed E-state index contributed by atoms with van der Waals surface area (Å²) < 4.78 is 6.56. The first-order valence-electron chi connectivity index (χ1n) is 6.64. The predicted octanol–water partition coefficient (Wildman–Crippen LogP) is 5.02. The molecule has 0 spiro atoms. The number of pyridine rings is 1. The molecule has 104 valence electrons. The topological polar surface area (TPSA) is 22.1 Å². The number of ether oxygens (including phenoxy) is 1. The van der Waals surface area contributed by atoms with Crippen molar-refractivity contribution in [3.8, 4) is 5.75 Å². The molecule has 0 aliphatic carbocycles. The average Bonchev–Trinajstić information content (AvgIpc) is 2.53. The maximum atomic E-state index is 5.38. The average molecular weight is 387 g/mol. The number of halogens is 1. The lowest BCUT2D eigenvalue weighted by molar-refractivity contribution is 0.414. The standard InChI is InChI=1S/C18H14INO/c1-21-18-11-8-15(19)12-14(18)7-10-16-9-6-13-4-2-3-5-17(13)20-16/h2-12H,1H3/b10-7+. The smallest absolute Gasteiger partial charge is 0.126 e. The SMILES string of the molecule is COc1ccc(I)cc1/C=C/c1ccc2ccccc2n1. The van der Waals surface area contributed by atoms with Crippen LogP contribution in [0.4, 0.5) is 0 Å². The number of hydrogen-bond donors (Lipinski definition) is 0. The summed E-state index contributed by atoms with van der Waals surface area (Å²) in [4.78, 5) is 4.64. The van der Waals surface area contributed by atoms with Gasteiger partial charge < -0.3 is 4.74 Å². The van der Waals surface area contributed by atoms with E-state index in [-0.39, 0.29) is 0 Å². The molecular formula is C18H14INO. The highest BCUT2D eigenvalue weighted by molar-refractivity contribution is 14.1. The molecule has 0 radical (unpaired) electrons. The van der Waals surface area contributed by atoms with Crippen LogP contribution >= 0.6 is 22.6 Å². The molecule has 2 aromatic carbocycles. The van der Waals surface area contributed by atoms with E-state index in [2.05, 4.69) is 45.8 Å². The lowest BCUT2D eigenvalue weighted by Crippen LogP contribution is -1.88. The van der Waals surface area contributed by atoms with Gasteiger partial charge in [0.05, 0.1) is 18.3 Å². The first-order valence-corrected chi connectivity index (χ1v) is 7.71. The van der Waals surface area contributed by atoms with Gasteiger partial charge in [0.2, 0.25) is 0 Å². The summed E-state index contributed by atoms with van der Waals surface area (Å²) in [5.74, 6) is 0.868. The van der Waals surface area contributed by atoms with E-state index in [0.717, 1.165) is 27.9 Å². The van der Waals surface area contributed by atoms with Gasteiger partial charge in [0.1, 0.15) is 5.75 Å². The summed E-state index contributed by atoms with van der Waals surface area (Å²) >= 11 is 2.30. The molecule has 2 nitrogen and oxygen atoms in total. The van der Waals surface area contributed by atoms with Crippen molar-refractivity contribution in [2.24, 2.45) is 0 Å². The van der Waals surface area contributed by atoms with Crippen LogP contribution in [0.5, 0.6) is 5.75 Å². The lowest BCUT2D eigenvalue weighted by Gasteiger charge is -2.05. The Labute approximate surface area is 137 Å². The molecule has 0 aliphatic heterocycles. The first kappa shape index (κ1) is 14.1. The van der Waals surface area contributed by atoms with Crippen molar-refractivity contribution in [3.05, 3.63) is 69.4 Å². The van der Waals surface area contributed by atoms with Gasteiger partial charge in [0.25, 0.3) is 0 Å². The zero-order chi connectivity index (χ0) is 14.7. The molecule has 0 saturated carbocycles. The minimum atomic E-state index is 0.868. The highest BCUT2D eigenvalue weighted by Gasteiger charge is 2.00. The third kappa shape index (κ3) is 3.24. The maximum absolute atomic E-state index is 5.38. The molecule has 3 rings (SSSR count). The fourth-order valence-corrected chi connectivity index (χ4v) is 2.70. The van der Waals surface area contributed by atoms with Crippen molar-refractivity contribution in [1.29, 1.82) is 0 Å². The Morgan fingerprint density at radius 1 is 1.00 bits per heavy atom. The van der Waals surface area contributed by atoms with Crippen molar-refractivity contribution < 1.29 is 4.74 Å². The van der Waals surface area contributed by atoms with Crippen LogP contribution in [-0.4, -0.2) is 12.1 Å². The molecule has 0 atom stereocenters. The number of hydrogen-bond acceptors (Lipinski definition) is 2. The molecule has 0 N–H and O–H groups in total. The van der Waals surface area contributed by atoms with Crippen LogP contribution < -0.4 is 4.74 Å². The highest BCUT2D eigenvalue weighted by atomic mass is 127. The zero-order valence-electron chi connectivity index (χ0n) is 11.6. The monoisotopic (exact) mass is 387 g/mol. The van der Waals surface area contributed by atoms with E-state index in [1.54, 1.807) is 7.11 Å². The first-order chi connectivity index (χ1) is 10.3. The van der Waals surface area contributed by atoms with Crippen LogP contribution in [-0.2, 0) is 0 Å². The summed E-state index contributed by atoms with van der Waals surface area (Å²) in [6, 6.07) is 18.4. The Morgan fingerprint density at radius 3 is 2.71 bits per heavy atom. The Balaban J connectivity index is 1.96. The molecule has 0 unspecified atom stereocenters. The van der Waals surface area contributed by atoms with Crippen molar-refractivity contribution in [2.75, 3.05) is 7.11 Å². The Bertz CT molecular complexity index is 811. The predicted molar refractivity (Wildman–Crippen MR) is 96.4 cm³/mol. The molecule has 1 aromatic heterocycles. The molecule has 0 saturated heterocycles. The van der Waals surface area contributed by atoms with E-state index >= 15 is 0 Å². The molecule has 0 amide bonds. The number of rotatable bonds is 3. The molecule has 0 aliphatic rings.